The van der Waals surface area contributed by atoms with Crippen LogP contribution in [0.5, 0.6) is 0 Å². The average Bonchev–Trinajstić information content (AvgIpc) is 2.66. The molecule has 0 saturated heterocycles. The van der Waals surface area contributed by atoms with Crippen LogP contribution in [-0.2, 0) is 42.2 Å². The van der Waals surface area contributed by atoms with Crippen molar-refractivity contribution in [2.24, 2.45) is 0 Å². The first-order valence-electron chi connectivity index (χ1n) is 10.7. The third-order valence-corrected chi connectivity index (χ3v) is 11.1. The third kappa shape index (κ3) is 24.7. The Balaban J connectivity index is -0.000000151. The molecule has 0 heterocycles. The molecule has 0 rings (SSSR count). The summed E-state index contributed by atoms with van der Waals surface area (Å²) >= 11 is 0. The molecule has 0 N–H and O–H groups in total. The fourth-order valence-electron chi connectivity index (χ4n) is 1.43. The SMILES string of the molecule is CCS(=O)(=O)C(C)C.CCS(=O)C(C)C.CC[S@@](=O)C(C)(C)C.CC[S@@](=O)C(C)C. The van der Waals surface area contributed by atoms with Crippen molar-refractivity contribution in [2.75, 3.05) is 23.0 Å². The first kappa shape index (κ1) is 37.7. The highest BCUT2D eigenvalue weighted by atomic mass is 32.2. The fraction of sp³-hybridized carbons (Fsp3) is 1.00. The molecular weight excluding hydrogens is 460 g/mol. The van der Waals surface area contributed by atoms with E-state index in [1.54, 1.807) is 20.8 Å². The topological polar surface area (TPSA) is 85.3 Å². The molecule has 5 nitrogen and oxygen atoms in total. The maximum Gasteiger partial charge on any atom is 0.152 e. The minimum atomic E-state index is -2.74. The van der Waals surface area contributed by atoms with E-state index < -0.39 is 42.2 Å². The zero-order chi connectivity index (χ0) is 25.3. The predicted molar refractivity (Wildman–Crippen MR) is 141 cm³/mol. The summed E-state index contributed by atoms with van der Waals surface area (Å²) in [5, 5.41) is 0.461. The largest absolute Gasteiger partial charge is 0.259 e. The standard InChI is InChI=1S/C6H14OS.C5H12O2S.2C5H12OS/c1-5-8(7)6(2,3)4;1-4-8(6,7)5(2)3;2*1-4-7(6)5(2)3/h5H2,1-4H3;5H,4H2,1-3H3;2*5H,4H2,1-3H3/t8-;;7-;/m1.1./s1. The summed E-state index contributed by atoms with van der Waals surface area (Å²) in [4.78, 5) is 0. The molecule has 0 spiro atoms. The lowest BCUT2D eigenvalue weighted by Crippen LogP contribution is -2.22. The molecule has 0 aliphatic rings. The molecule has 0 fully saturated rings. The number of hydrogen-bond acceptors (Lipinski definition) is 5. The van der Waals surface area contributed by atoms with Crippen LogP contribution in [0.25, 0.3) is 0 Å². The van der Waals surface area contributed by atoms with Gasteiger partial charge in [-0.2, -0.15) is 0 Å². The molecule has 0 saturated carbocycles. The zero-order valence-electron chi connectivity index (χ0n) is 21.7. The Hall–Kier alpha value is 0.400. The Bertz CT molecular complexity index is 555. The Labute approximate surface area is 196 Å². The maximum absolute atomic E-state index is 10.9. The van der Waals surface area contributed by atoms with Gasteiger partial charge in [0.1, 0.15) is 0 Å². The van der Waals surface area contributed by atoms with Crippen LogP contribution in [0.2, 0.25) is 0 Å². The van der Waals surface area contributed by atoms with Crippen LogP contribution in [0.1, 0.15) is 90.0 Å². The van der Waals surface area contributed by atoms with Crippen molar-refractivity contribution in [1.82, 2.24) is 0 Å². The van der Waals surface area contributed by atoms with Crippen molar-refractivity contribution in [3.8, 4) is 0 Å². The average molecular weight is 511 g/mol. The Morgan fingerprint density at radius 1 is 0.667 bits per heavy atom. The summed E-state index contributed by atoms with van der Waals surface area (Å²) in [7, 11) is -4.54. The van der Waals surface area contributed by atoms with Gasteiger partial charge in [-0.05, 0) is 34.6 Å². The van der Waals surface area contributed by atoms with Gasteiger partial charge in [0.25, 0.3) is 0 Å². The van der Waals surface area contributed by atoms with E-state index in [9.17, 15) is 21.0 Å². The highest BCUT2D eigenvalue weighted by Crippen LogP contribution is 2.09. The van der Waals surface area contributed by atoms with E-state index in [-0.39, 0.29) is 15.7 Å². The van der Waals surface area contributed by atoms with Crippen LogP contribution in [0, 0.1) is 0 Å². The second-order valence-corrected chi connectivity index (χ2v) is 18.1. The maximum atomic E-state index is 10.9. The van der Waals surface area contributed by atoms with Gasteiger partial charge in [-0.3, -0.25) is 12.6 Å². The highest BCUT2D eigenvalue weighted by Gasteiger charge is 2.16. The summed E-state index contributed by atoms with van der Waals surface area (Å²) in [6.07, 6.45) is 0. The molecule has 30 heavy (non-hydrogen) atoms. The summed E-state index contributed by atoms with van der Waals surface area (Å²) < 4.78 is 53.6. The van der Waals surface area contributed by atoms with Gasteiger partial charge < -0.3 is 0 Å². The lowest BCUT2D eigenvalue weighted by atomic mass is 10.3. The number of sulfone groups is 1. The van der Waals surface area contributed by atoms with Crippen LogP contribution in [0.3, 0.4) is 0 Å². The molecular formula is C21H50O5S4. The highest BCUT2D eigenvalue weighted by molar-refractivity contribution is 7.91. The van der Waals surface area contributed by atoms with Crippen molar-refractivity contribution in [3.63, 3.8) is 0 Å². The normalized spacial score (nSPS) is 14.5. The summed E-state index contributed by atoms with van der Waals surface area (Å²) in [5.74, 6) is 2.60. The van der Waals surface area contributed by atoms with Gasteiger partial charge in [0.15, 0.2) is 9.84 Å². The van der Waals surface area contributed by atoms with Gasteiger partial charge in [0.2, 0.25) is 0 Å². The van der Waals surface area contributed by atoms with E-state index >= 15 is 0 Å². The van der Waals surface area contributed by atoms with Crippen molar-refractivity contribution in [1.29, 1.82) is 0 Å². The molecule has 0 aliphatic carbocycles. The first-order chi connectivity index (χ1) is 13.3. The van der Waals surface area contributed by atoms with Crippen molar-refractivity contribution in [3.05, 3.63) is 0 Å². The van der Waals surface area contributed by atoms with Crippen molar-refractivity contribution < 1.29 is 21.0 Å². The Kier molecular flexibility index (Phi) is 25.2. The molecule has 9 heteroatoms. The van der Waals surface area contributed by atoms with Gasteiger partial charge in [-0.1, -0.05) is 55.4 Å². The minimum Gasteiger partial charge on any atom is -0.259 e. The van der Waals surface area contributed by atoms with Gasteiger partial charge in [-0.15, -0.1) is 0 Å². The van der Waals surface area contributed by atoms with Gasteiger partial charge in [0, 0.05) is 70.7 Å². The number of rotatable bonds is 7. The van der Waals surface area contributed by atoms with Crippen molar-refractivity contribution >= 4 is 42.2 Å². The quantitative estimate of drug-likeness (QED) is 0.495. The second kappa shape index (κ2) is 20.0. The summed E-state index contributed by atoms with van der Waals surface area (Å²) in [5.41, 5.74) is 0. The predicted octanol–water partition coefficient (Wildman–Crippen LogP) is 4.71. The van der Waals surface area contributed by atoms with Crippen LogP contribution in [-0.4, -0.2) is 64.6 Å². The second-order valence-electron chi connectivity index (χ2n) is 8.18. The van der Waals surface area contributed by atoms with E-state index in [0.29, 0.717) is 10.5 Å². The lowest BCUT2D eigenvalue weighted by molar-refractivity contribution is 0.588. The van der Waals surface area contributed by atoms with Crippen LogP contribution >= 0.6 is 0 Å². The summed E-state index contributed by atoms with van der Waals surface area (Å²) in [6.45, 7) is 24.7. The third-order valence-electron chi connectivity index (χ3n) is 3.69. The molecule has 0 aliphatic heterocycles. The van der Waals surface area contributed by atoms with Gasteiger partial charge in [-0.25, -0.2) is 8.42 Å². The Morgan fingerprint density at radius 2 is 0.967 bits per heavy atom. The zero-order valence-corrected chi connectivity index (χ0v) is 25.0. The fourth-order valence-corrected chi connectivity index (χ4v) is 4.30. The molecule has 0 radical (unpaired) electrons. The summed E-state index contributed by atoms with van der Waals surface area (Å²) in [6, 6.07) is 0. The number of hydrogen-bond donors (Lipinski definition) is 0. The monoisotopic (exact) mass is 510 g/mol. The van der Waals surface area contributed by atoms with E-state index in [1.165, 1.54) is 0 Å². The molecule has 188 valence electrons. The Morgan fingerprint density at radius 3 is 0.967 bits per heavy atom. The van der Waals surface area contributed by atoms with Gasteiger partial charge >= 0.3 is 0 Å². The van der Waals surface area contributed by atoms with Crippen LogP contribution < -0.4 is 0 Å². The van der Waals surface area contributed by atoms with E-state index in [1.807, 2.05) is 69.2 Å². The van der Waals surface area contributed by atoms with E-state index in [2.05, 4.69) is 0 Å². The molecule has 0 aromatic heterocycles. The molecule has 0 bridgehead atoms. The van der Waals surface area contributed by atoms with Crippen LogP contribution in [0.4, 0.5) is 0 Å². The molecule has 1 unspecified atom stereocenters. The van der Waals surface area contributed by atoms with E-state index in [4.69, 9.17) is 0 Å². The van der Waals surface area contributed by atoms with Crippen molar-refractivity contribution in [2.45, 2.75) is 111 Å². The molecule has 3 atom stereocenters. The molecule has 0 aromatic carbocycles. The smallest absolute Gasteiger partial charge is 0.152 e. The minimum absolute atomic E-state index is 0.0191. The van der Waals surface area contributed by atoms with E-state index in [0.717, 1.165) is 17.3 Å². The molecule has 0 amide bonds. The van der Waals surface area contributed by atoms with Gasteiger partial charge in [0.05, 0.1) is 5.25 Å². The first-order valence-corrected chi connectivity index (χ1v) is 16.5. The van der Waals surface area contributed by atoms with Crippen LogP contribution in [0.15, 0.2) is 0 Å². The molecule has 0 aromatic rings. The lowest BCUT2D eigenvalue weighted by Gasteiger charge is -2.15.